The molecule has 0 aliphatic carbocycles. The summed E-state index contributed by atoms with van der Waals surface area (Å²) in [5.74, 6) is 0.793. The maximum Gasteiger partial charge on any atom is 0.258 e. The molecule has 1 unspecified atom stereocenters. The number of benzene rings is 1. The van der Waals surface area contributed by atoms with Gasteiger partial charge in [-0.15, -0.1) is 0 Å². The first kappa shape index (κ1) is 21.8. The predicted molar refractivity (Wildman–Crippen MR) is 102 cm³/mol. The zero-order valence-electron chi connectivity index (χ0n) is 16.3. The first-order valence-corrected chi connectivity index (χ1v) is 8.87. The van der Waals surface area contributed by atoms with E-state index in [2.05, 4.69) is 24.5 Å². The van der Waals surface area contributed by atoms with Crippen LogP contribution in [0.15, 0.2) is 18.2 Å². The van der Waals surface area contributed by atoms with Gasteiger partial charge in [-0.25, -0.2) is 0 Å². The fourth-order valence-corrected chi connectivity index (χ4v) is 2.49. The Balaban J connectivity index is 2.77. The van der Waals surface area contributed by atoms with Crippen LogP contribution in [0.1, 0.15) is 44.5 Å². The standard InChI is InChI=1S/C19H31N3O4/c1-12(2)8-15(10-20)22-19(24)14-6-7-16(17(9-14)25-5)26-11-18(23)21-13(3)4/h6-7,9,12-13,15H,8,10-11,20H2,1-5H3,(H,21,23)(H,22,24). The van der Waals surface area contributed by atoms with Gasteiger partial charge in [-0.1, -0.05) is 13.8 Å². The second-order valence-corrected chi connectivity index (χ2v) is 6.91. The van der Waals surface area contributed by atoms with Crippen LogP contribution in [-0.2, 0) is 4.79 Å². The van der Waals surface area contributed by atoms with Crippen LogP contribution in [-0.4, -0.2) is 44.2 Å². The molecular formula is C19H31N3O4. The number of nitrogens with one attached hydrogen (secondary N) is 2. The fraction of sp³-hybridized carbons (Fsp3) is 0.579. The van der Waals surface area contributed by atoms with Crippen molar-refractivity contribution in [3.8, 4) is 11.5 Å². The van der Waals surface area contributed by atoms with Crippen molar-refractivity contribution in [1.29, 1.82) is 0 Å². The smallest absolute Gasteiger partial charge is 0.258 e. The molecule has 0 aromatic heterocycles. The molecule has 2 amide bonds. The molecule has 0 saturated carbocycles. The average molecular weight is 365 g/mol. The van der Waals surface area contributed by atoms with Crippen LogP contribution in [0.4, 0.5) is 0 Å². The van der Waals surface area contributed by atoms with Gasteiger partial charge in [0.15, 0.2) is 18.1 Å². The fourth-order valence-electron chi connectivity index (χ4n) is 2.49. The minimum absolute atomic E-state index is 0.0420. The SMILES string of the molecule is COc1cc(C(=O)NC(CN)CC(C)C)ccc1OCC(=O)NC(C)C. The highest BCUT2D eigenvalue weighted by molar-refractivity contribution is 5.95. The van der Waals surface area contributed by atoms with Crippen molar-refractivity contribution in [3.05, 3.63) is 23.8 Å². The van der Waals surface area contributed by atoms with Gasteiger partial charge >= 0.3 is 0 Å². The quantitative estimate of drug-likeness (QED) is 0.586. The van der Waals surface area contributed by atoms with E-state index >= 15 is 0 Å². The van der Waals surface area contributed by atoms with E-state index in [-0.39, 0.29) is 30.5 Å². The van der Waals surface area contributed by atoms with Crippen molar-refractivity contribution >= 4 is 11.8 Å². The normalized spacial score (nSPS) is 12.0. The summed E-state index contributed by atoms with van der Waals surface area (Å²) in [4.78, 5) is 24.1. The third-order valence-electron chi connectivity index (χ3n) is 3.61. The number of nitrogens with two attached hydrogens (primary N) is 1. The summed E-state index contributed by atoms with van der Waals surface area (Å²) >= 11 is 0. The Hall–Kier alpha value is -2.28. The van der Waals surface area contributed by atoms with Gasteiger partial charge in [0.2, 0.25) is 0 Å². The summed E-state index contributed by atoms with van der Waals surface area (Å²) in [6, 6.07) is 4.81. The van der Waals surface area contributed by atoms with Crippen molar-refractivity contribution in [2.24, 2.45) is 11.7 Å². The molecule has 0 heterocycles. The summed E-state index contributed by atoms with van der Waals surface area (Å²) in [6.45, 7) is 8.18. The zero-order chi connectivity index (χ0) is 19.7. The lowest BCUT2D eigenvalue weighted by Gasteiger charge is -2.19. The number of hydrogen-bond donors (Lipinski definition) is 3. The van der Waals surface area contributed by atoms with Crippen molar-refractivity contribution in [1.82, 2.24) is 10.6 Å². The molecule has 0 fully saturated rings. The number of ether oxygens (including phenoxy) is 2. The van der Waals surface area contributed by atoms with Gasteiger partial charge < -0.3 is 25.8 Å². The number of carbonyl (C=O) groups is 2. The predicted octanol–water partition coefficient (Wildman–Crippen LogP) is 1.70. The summed E-state index contributed by atoms with van der Waals surface area (Å²) in [7, 11) is 1.49. The number of carbonyl (C=O) groups excluding carboxylic acids is 2. The summed E-state index contributed by atoms with van der Waals surface area (Å²) in [5.41, 5.74) is 6.18. The van der Waals surface area contributed by atoms with E-state index < -0.39 is 0 Å². The number of hydrogen-bond acceptors (Lipinski definition) is 5. The van der Waals surface area contributed by atoms with E-state index in [0.29, 0.717) is 29.5 Å². The number of rotatable bonds is 10. The average Bonchev–Trinajstić information content (AvgIpc) is 2.57. The van der Waals surface area contributed by atoms with E-state index in [1.807, 2.05) is 13.8 Å². The van der Waals surface area contributed by atoms with E-state index in [0.717, 1.165) is 6.42 Å². The van der Waals surface area contributed by atoms with Gasteiger partial charge in [-0.2, -0.15) is 0 Å². The minimum Gasteiger partial charge on any atom is -0.493 e. The molecule has 7 nitrogen and oxygen atoms in total. The van der Waals surface area contributed by atoms with Crippen molar-refractivity contribution < 1.29 is 19.1 Å². The van der Waals surface area contributed by atoms with Gasteiger partial charge in [-0.05, 0) is 44.4 Å². The van der Waals surface area contributed by atoms with Crippen LogP contribution < -0.4 is 25.8 Å². The highest BCUT2D eigenvalue weighted by Crippen LogP contribution is 2.28. The number of amides is 2. The molecule has 146 valence electrons. The molecule has 0 aliphatic heterocycles. The van der Waals surface area contributed by atoms with E-state index in [4.69, 9.17) is 15.2 Å². The molecule has 0 bridgehead atoms. The van der Waals surface area contributed by atoms with Crippen LogP contribution in [0, 0.1) is 5.92 Å². The molecule has 26 heavy (non-hydrogen) atoms. The largest absolute Gasteiger partial charge is 0.493 e. The monoisotopic (exact) mass is 365 g/mol. The lowest BCUT2D eigenvalue weighted by Crippen LogP contribution is -2.41. The molecule has 1 atom stereocenters. The molecule has 0 saturated heterocycles. The van der Waals surface area contributed by atoms with Crippen LogP contribution in [0.3, 0.4) is 0 Å². The first-order valence-electron chi connectivity index (χ1n) is 8.87. The van der Waals surface area contributed by atoms with Crippen molar-refractivity contribution in [2.45, 2.75) is 46.2 Å². The topological polar surface area (TPSA) is 103 Å². The highest BCUT2D eigenvalue weighted by Gasteiger charge is 2.16. The summed E-state index contributed by atoms with van der Waals surface area (Å²) in [5, 5.41) is 5.68. The molecule has 4 N–H and O–H groups in total. The van der Waals surface area contributed by atoms with Crippen LogP contribution in [0.5, 0.6) is 11.5 Å². The summed E-state index contributed by atoms with van der Waals surface area (Å²) < 4.78 is 10.8. The second-order valence-electron chi connectivity index (χ2n) is 6.91. The zero-order valence-corrected chi connectivity index (χ0v) is 16.3. The van der Waals surface area contributed by atoms with E-state index in [9.17, 15) is 9.59 Å². The van der Waals surface area contributed by atoms with Gasteiger partial charge in [0.25, 0.3) is 11.8 Å². The molecular weight excluding hydrogens is 334 g/mol. The maximum absolute atomic E-state index is 12.4. The maximum atomic E-state index is 12.4. The van der Waals surface area contributed by atoms with E-state index in [1.54, 1.807) is 18.2 Å². The number of methoxy groups -OCH3 is 1. The Morgan fingerprint density at radius 1 is 1.12 bits per heavy atom. The molecule has 0 aliphatic rings. The Kier molecular flexibility index (Phi) is 8.92. The van der Waals surface area contributed by atoms with Gasteiger partial charge in [0.05, 0.1) is 7.11 Å². The van der Waals surface area contributed by atoms with Crippen molar-refractivity contribution in [2.75, 3.05) is 20.3 Å². The first-order chi connectivity index (χ1) is 12.3. The highest BCUT2D eigenvalue weighted by atomic mass is 16.5. The van der Waals surface area contributed by atoms with Crippen molar-refractivity contribution in [3.63, 3.8) is 0 Å². The molecule has 7 heteroatoms. The Morgan fingerprint density at radius 2 is 1.81 bits per heavy atom. The molecule has 0 spiro atoms. The van der Waals surface area contributed by atoms with Gasteiger partial charge in [0, 0.05) is 24.2 Å². The lowest BCUT2D eigenvalue weighted by atomic mass is 10.0. The third-order valence-corrected chi connectivity index (χ3v) is 3.61. The third kappa shape index (κ3) is 7.31. The lowest BCUT2D eigenvalue weighted by molar-refractivity contribution is -0.123. The van der Waals surface area contributed by atoms with Crippen LogP contribution in [0.2, 0.25) is 0 Å². The van der Waals surface area contributed by atoms with Gasteiger partial charge in [-0.3, -0.25) is 9.59 Å². The Bertz CT molecular complexity index is 602. The minimum atomic E-state index is -0.219. The van der Waals surface area contributed by atoms with E-state index in [1.165, 1.54) is 7.11 Å². The molecule has 1 aromatic rings. The molecule has 0 radical (unpaired) electrons. The molecule has 1 aromatic carbocycles. The molecule has 1 rings (SSSR count). The van der Waals surface area contributed by atoms with Gasteiger partial charge in [0.1, 0.15) is 0 Å². The van der Waals surface area contributed by atoms with Crippen LogP contribution >= 0.6 is 0 Å². The Labute approximate surface area is 155 Å². The summed E-state index contributed by atoms with van der Waals surface area (Å²) in [6.07, 6.45) is 0.811. The second kappa shape index (κ2) is 10.7. The van der Waals surface area contributed by atoms with Crippen LogP contribution in [0.25, 0.3) is 0 Å². The Morgan fingerprint density at radius 3 is 2.35 bits per heavy atom.